The van der Waals surface area contributed by atoms with Crippen molar-refractivity contribution >= 4 is 17.9 Å². The summed E-state index contributed by atoms with van der Waals surface area (Å²) in [5.41, 5.74) is 0. The van der Waals surface area contributed by atoms with Gasteiger partial charge in [-0.3, -0.25) is 14.4 Å². The van der Waals surface area contributed by atoms with E-state index in [9.17, 15) is 14.4 Å². The molecule has 0 aromatic rings. The molecule has 1 atom stereocenters. The van der Waals surface area contributed by atoms with Gasteiger partial charge in [-0.1, -0.05) is 256 Å². The molecular formula is C62H112O6. The molecule has 6 nitrogen and oxygen atoms in total. The van der Waals surface area contributed by atoms with Crippen LogP contribution in [0, 0.1) is 0 Å². The lowest BCUT2D eigenvalue weighted by Gasteiger charge is -2.18. The second kappa shape index (κ2) is 57.0. The third-order valence-electron chi connectivity index (χ3n) is 13.1. The Bertz CT molecular complexity index is 1190. The molecule has 0 spiro atoms. The Balaban J connectivity index is 4.28. The first kappa shape index (κ1) is 65.4. The lowest BCUT2D eigenvalue weighted by atomic mass is 10.1. The van der Waals surface area contributed by atoms with Crippen LogP contribution in [0.5, 0.6) is 0 Å². The number of unbranched alkanes of at least 4 members (excludes halogenated alkanes) is 35. The van der Waals surface area contributed by atoms with E-state index in [0.29, 0.717) is 19.3 Å². The molecule has 0 saturated carbocycles. The van der Waals surface area contributed by atoms with E-state index in [0.717, 1.165) is 77.0 Å². The van der Waals surface area contributed by atoms with Gasteiger partial charge in [-0.2, -0.15) is 0 Å². The van der Waals surface area contributed by atoms with Crippen molar-refractivity contribution in [1.29, 1.82) is 0 Å². The molecule has 1 unspecified atom stereocenters. The van der Waals surface area contributed by atoms with Crippen molar-refractivity contribution in [3.63, 3.8) is 0 Å². The van der Waals surface area contributed by atoms with Gasteiger partial charge in [-0.05, 0) is 83.5 Å². The van der Waals surface area contributed by atoms with Gasteiger partial charge in [-0.15, -0.1) is 0 Å². The van der Waals surface area contributed by atoms with Crippen LogP contribution in [-0.2, 0) is 28.6 Å². The topological polar surface area (TPSA) is 78.9 Å². The third-order valence-corrected chi connectivity index (χ3v) is 13.1. The van der Waals surface area contributed by atoms with Gasteiger partial charge in [0.1, 0.15) is 13.2 Å². The standard InChI is InChI=1S/C62H112O6/c1-4-7-10-13-16-19-22-24-26-28-29-30-31-32-33-35-36-38-40-43-46-49-52-55-61(64)67-58-59(57-66-60(63)54-51-48-45-42-21-18-15-12-9-6-3)68-62(65)56-53-50-47-44-41-39-37-34-27-25-23-20-17-14-11-8-5-2/h22,24-25,27-29,31-32,59H,4-21,23,26,30,33-58H2,1-3H3/b24-22-,27-25-,29-28-,32-31-. The first-order valence-corrected chi connectivity index (χ1v) is 29.6. The third kappa shape index (κ3) is 54.3. The van der Waals surface area contributed by atoms with E-state index in [1.807, 2.05) is 0 Å². The summed E-state index contributed by atoms with van der Waals surface area (Å²) in [5, 5.41) is 0. The smallest absolute Gasteiger partial charge is 0.306 e. The Kier molecular flexibility index (Phi) is 54.8. The number of hydrogen-bond donors (Lipinski definition) is 0. The number of hydrogen-bond acceptors (Lipinski definition) is 6. The summed E-state index contributed by atoms with van der Waals surface area (Å²) in [4.78, 5) is 38.1. The summed E-state index contributed by atoms with van der Waals surface area (Å²) in [6.07, 6.45) is 69.6. The average molecular weight is 954 g/mol. The van der Waals surface area contributed by atoms with Crippen molar-refractivity contribution in [3.05, 3.63) is 48.6 Å². The van der Waals surface area contributed by atoms with Crippen molar-refractivity contribution in [2.75, 3.05) is 13.2 Å². The molecule has 396 valence electrons. The Morgan fingerprint density at radius 1 is 0.294 bits per heavy atom. The molecule has 0 bridgehead atoms. The lowest BCUT2D eigenvalue weighted by Crippen LogP contribution is -2.30. The monoisotopic (exact) mass is 953 g/mol. The van der Waals surface area contributed by atoms with Crippen LogP contribution in [0.25, 0.3) is 0 Å². The number of carbonyl (C=O) groups excluding carboxylic acids is 3. The van der Waals surface area contributed by atoms with E-state index in [4.69, 9.17) is 14.2 Å². The van der Waals surface area contributed by atoms with E-state index < -0.39 is 6.10 Å². The Morgan fingerprint density at radius 3 is 0.838 bits per heavy atom. The molecule has 0 fully saturated rings. The minimum Gasteiger partial charge on any atom is -0.462 e. The van der Waals surface area contributed by atoms with Gasteiger partial charge in [0.2, 0.25) is 0 Å². The minimum absolute atomic E-state index is 0.0745. The number of ether oxygens (including phenoxy) is 3. The Labute approximate surface area is 422 Å². The van der Waals surface area contributed by atoms with Gasteiger partial charge in [0.05, 0.1) is 0 Å². The number of carbonyl (C=O) groups is 3. The van der Waals surface area contributed by atoms with Crippen molar-refractivity contribution in [2.24, 2.45) is 0 Å². The SMILES string of the molecule is CCCCCCC/C=C\C/C=C\C/C=C\CCCCCCCCCCC(=O)OCC(COC(=O)CCCCCCCCCCCC)OC(=O)CCCCCCCCC/C=C\CCCCCCCC. The number of esters is 3. The summed E-state index contributed by atoms with van der Waals surface area (Å²) in [6, 6.07) is 0. The lowest BCUT2D eigenvalue weighted by molar-refractivity contribution is -0.167. The fourth-order valence-corrected chi connectivity index (χ4v) is 8.56. The molecule has 6 heteroatoms. The van der Waals surface area contributed by atoms with Crippen molar-refractivity contribution in [2.45, 2.75) is 316 Å². The maximum atomic E-state index is 12.8. The number of allylic oxidation sites excluding steroid dienone is 8. The highest BCUT2D eigenvalue weighted by molar-refractivity contribution is 5.71. The van der Waals surface area contributed by atoms with E-state index in [2.05, 4.69) is 69.4 Å². The molecule has 0 N–H and O–H groups in total. The van der Waals surface area contributed by atoms with Crippen LogP contribution in [0.2, 0.25) is 0 Å². The van der Waals surface area contributed by atoms with E-state index in [-0.39, 0.29) is 31.1 Å². The molecule has 0 saturated heterocycles. The van der Waals surface area contributed by atoms with Gasteiger partial charge in [-0.25, -0.2) is 0 Å². The fraction of sp³-hybridized carbons (Fsp3) is 0.823. The van der Waals surface area contributed by atoms with Crippen LogP contribution < -0.4 is 0 Å². The zero-order valence-corrected chi connectivity index (χ0v) is 45.4. The molecule has 0 rings (SSSR count). The zero-order valence-electron chi connectivity index (χ0n) is 45.4. The first-order valence-electron chi connectivity index (χ1n) is 29.6. The minimum atomic E-state index is -0.776. The van der Waals surface area contributed by atoms with Crippen LogP contribution in [0.15, 0.2) is 48.6 Å². The molecule has 0 amide bonds. The highest BCUT2D eigenvalue weighted by Crippen LogP contribution is 2.16. The first-order chi connectivity index (χ1) is 33.5. The highest BCUT2D eigenvalue weighted by Gasteiger charge is 2.19. The normalized spacial score (nSPS) is 12.3. The zero-order chi connectivity index (χ0) is 49.3. The summed E-state index contributed by atoms with van der Waals surface area (Å²) in [7, 11) is 0. The summed E-state index contributed by atoms with van der Waals surface area (Å²) >= 11 is 0. The van der Waals surface area contributed by atoms with Gasteiger partial charge in [0.15, 0.2) is 6.10 Å². The molecule has 0 aromatic heterocycles. The summed E-state index contributed by atoms with van der Waals surface area (Å²) in [6.45, 7) is 6.63. The van der Waals surface area contributed by atoms with E-state index in [1.165, 1.54) is 193 Å². The van der Waals surface area contributed by atoms with E-state index >= 15 is 0 Å². The quantitative estimate of drug-likeness (QED) is 0.0262. The number of rotatable bonds is 54. The van der Waals surface area contributed by atoms with Crippen LogP contribution in [0.1, 0.15) is 310 Å². The second-order valence-corrected chi connectivity index (χ2v) is 19.9. The van der Waals surface area contributed by atoms with Crippen LogP contribution in [-0.4, -0.2) is 37.2 Å². The molecule has 0 aliphatic rings. The molecule has 0 aliphatic carbocycles. The fourth-order valence-electron chi connectivity index (χ4n) is 8.56. The van der Waals surface area contributed by atoms with Crippen LogP contribution in [0.4, 0.5) is 0 Å². The maximum Gasteiger partial charge on any atom is 0.306 e. The van der Waals surface area contributed by atoms with Gasteiger partial charge in [0, 0.05) is 19.3 Å². The summed E-state index contributed by atoms with van der Waals surface area (Å²) < 4.78 is 16.9. The largest absolute Gasteiger partial charge is 0.462 e. The Morgan fingerprint density at radius 2 is 0.529 bits per heavy atom. The van der Waals surface area contributed by atoms with Crippen molar-refractivity contribution < 1.29 is 28.6 Å². The second-order valence-electron chi connectivity index (χ2n) is 19.9. The molecule has 0 heterocycles. The van der Waals surface area contributed by atoms with Crippen molar-refractivity contribution in [3.8, 4) is 0 Å². The van der Waals surface area contributed by atoms with Crippen LogP contribution >= 0.6 is 0 Å². The van der Waals surface area contributed by atoms with E-state index in [1.54, 1.807) is 0 Å². The maximum absolute atomic E-state index is 12.8. The predicted octanol–water partition coefficient (Wildman–Crippen LogP) is 19.8. The molecular weight excluding hydrogens is 841 g/mol. The molecule has 0 aliphatic heterocycles. The molecule has 0 aromatic carbocycles. The highest BCUT2D eigenvalue weighted by atomic mass is 16.6. The molecule has 68 heavy (non-hydrogen) atoms. The van der Waals surface area contributed by atoms with Gasteiger partial charge < -0.3 is 14.2 Å². The Hall–Kier alpha value is -2.63. The van der Waals surface area contributed by atoms with Crippen LogP contribution in [0.3, 0.4) is 0 Å². The van der Waals surface area contributed by atoms with Gasteiger partial charge >= 0.3 is 17.9 Å². The molecule has 0 radical (unpaired) electrons. The predicted molar refractivity (Wildman–Crippen MR) is 293 cm³/mol. The summed E-state index contributed by atoms with van der Waals surface area (Å²) in [5.74, 6) is -0.874. The van der Waals surface area contributed by atoms with Crippen molar-refractivity contribution in [1.82, 2.24) is 0 Å². The van der Waals surface area contributed by atoms with Gasteiger partial charge in [0.25, 0.3) is 0 Å². The average Bonchev–Trinajstić information content (AvgIpc) is 3.34.